The largest absolute Gasteiger partial charge is 0.423 e. The minimum absolute atomic E-state index is 0.246. The van der Waals surface area contributed by atoms with Crippen molar-refractivity contribution >= 4 is 32.8 Å². The molecule has 1 saturated heterocycles. The van der Waals surface area contributed by atoms with Gasteiger partial charge < -0.3 is 4.42 Å². The Labute approximate surface area is 127 Å². The number of hydrogen-bond acceptors (Lipinski definition) is 5. The Balaban J connectivity index is 2.01. The topological polar surface area (TPSA) is 67.6 Å². The quantitative estimate of drug-likeness (QED) is 0.789. The Hall–Kier alpha value is -1.31. The van der Waals surface area contributed by atoms with E-state index in [9.17, 15) is 13.2 Å². The molecule has 0 unspecified atom stereocenters. The summed E-state index contributed by atoms with van der Waals surface area (Å²) < 4.78 is 31.9. The molecule has 2 heterocycles. The summed E-state index contributed by atoms with van der Waals surface area (Å²) in [5.74, 6) is 1.82. The number of sulfonamides is 1. The minimum Gasteiger partial charge on any atom is -0.423 e. The Morgan fingerprint density at radius 2 is 1.95 bits per heavy atom. The van der Waals surface area contributed by atoms with Crippen LogP contribution < -0.4 is 5.63 Å². The van der Waals surface area contributed by atoms with Crippen molar-refractivity contribution in [2.45, 2.75) is 11.3 Å². The van der Waals surface area contributed by atoms with Gasteiger partial charge in [-0.25, -0.2) is 13.2 Å². The van der Waals surface area contributed by atoms with Crippen LogP contribution in [-0.2, 0) is 10.0 Å². The first-order valence-corrected chi connectivity index (χ1v) is 9.29. The summed E-state index contributed by atoms with van der Waals surface area (Å²) in [6.07, 6.45) is 0.867. The van der Waals surface area contributed by atoms with Crippen molar-refractivity contribution in [3.05, 3.63) is 40.8 Å². The molecule has 112 valence electrons. The molecule has 0 aliphatic carbocycles. The maximum absolute atomic E-state index is 12.7. The molecule has 1 aliphatic heterocycles. The second-order valence-corrected chi connectivity index (χ2v) is 7.99. The van der Waals surface area contributed by atoms with Gasteiger partial charge in [-0.3, -0.25) is 0 Å². The van der Waals surface area contributed by atoms with E-state index in [1.165, 1.54) is 22.5 Å². The van der Waals surface area contributed by atoms with Crippen LogP contribution in [0.5, 0.6) is 0 Å². The van der Waals surface area contributed by atoms with Crippen molar-refractivity contribution in [3.63, 3.8) is 0 Å². The maximum Gasteiger partial charge on any atom is 0.336 e. The van der Waals surface area contributed by atoms with Gasteiger partial charge in [0.1, 0.15) is 5.58 Å². The van der Waals surface area contributed by atoms with Crippen molar-refractivity contribution in [2.24, 2.45) is 0 Å². The van der Waals surface area contributed by atoms with Crippen LogP contribution >= 0.6 is 11.8 Å². The molecule has 3 rings (SSSR count). The van der Waals surface area contributed by atoms with Gasteiger partial charge in [0.05, 0.1) is 4.90 Å². The predicted octanol–water partition coefficient (Wildman–Crippen LogP) is 1.92. The number of rotatable bonds is 2. The Kier molecular flexibility index (Phi) is 4.05. The van der Waals surface area contributed by atoms with Gasteiger partial charge in [0.2, 0.25) is 10.0 Å². The lowest BCUT2D eigenvalue weighted by molar-refractivity contribution is 0.435. The van der Waals surface area contributed by atoms with Gasteiger partial charge in [-0.15, -0.1) is 0 Å². The first-order chi connectivity index (χ1) is 10.1. The number of hydrogen-bond donors (Lipinski definition) is 0. The van der Waals surface area contributed by atoms with E-state index in [4.69, 9.17) is 4.42 Å². The van der Waals surface area contributed by atoms with Crippen molar-refractivity contribution in [1.29, 1.82) is 0 Å². The van der Waals surface area contributed by atoms with Gasteiger partial charge in [0.15, 0.2) is 0 Å². The van der Waals surface area contributed by atoms with Crippen LogP contribution in [0.1, 0.15) is 6.42 Å². The minimum atomic E-state index is -3.49. The van der Waals surface area contributed by atoms with E-state index >= 15 is 0 Å². The lowest BCUT2D eigenvalue weighted by atomic mass is 10.2. The Bertz CT molecular complexity index is 805. The Morgan fingerprint density at radius 1 is 1.10 bits per heavy atom. The van der Waals surface area contributed by atoms with Crippen molar-refractivity contribution in [2.75, 3.05) is 24.6 Å². The molecule has 1 fully saturated rings. The molecule has 7 heteroatoms. The van der Waals surface area contributed by atoms with Crippen molar-refractivity contribution in [3.8, 4) is 0 Å². The fourth-order valence-electron chi connectivity index (χ4n) is 2.32. The van der Waals surface area contributed by atoms with E-state index in [1.807, 2.05) is 0 Å². The molecule has 5 nitrogen and oxygen atoms in total. The molecule has 1 aliphatic rings. The van der Waals surface area contributed by atoms with Crippen LogP contribution in [0.3, 0.4) is 0 Å². The zero-order chi connectivity index (χ0) is 14.9. The number of benzene rings is 1. The molecule has 1 aromatic carbocycles. The number of nitrogens with zero attached hydrogens (tertiary/aromatic N) is 1. The van der Waals surface area contributed by atoms with Gasteiger partial charge in [-0.1, -0.05) is 0 Å². The SMILES string of the molecule is O=c1ccc2cc(S(=O)(=O)N3CCCSCC3)ccc2o1. The third kappa shape index (κ3) is 3.00. The third-order valence-electron chi connectivity index (χ3n) is 3.41. The van der Waals surface area contributed by atoms with Gasteiger partial charge in [-0.05, 0) is 36.4 Å². The summed E-state index contributed by atoms with van der Waals surface area (Å²) in [6.45, 7) is 1.09. The highest BCUT2D eigenvalue weighted by Crippen LogP contribution is 2.23. The zero-order valence-electron chi connectivity index (χ0n) is 11.3. The van der Waals surface area contributed by atoms with E-state index in [-0.39, 0.29) is 4.90 Å². The summed E-state index contributed by atoms with van der Waals surface area (Å²) in [7, 11) is -3.49. The summed E-state index contributed by atoms with van der Waals surface area (Å²) in [5.41, 5.74) is -0.0458. The van der Waals surface area contributed by atoms with Gasteiger partial charge in [0.25, 0.3) is 0 Å². The van der Waals surface area contributed by atoms with Crippen LogP contribution in [0.15, 0.2) is 44.4 Å². The summed E-state index contributed by atoms with van der Waals surface area (Å²) in [4.78, 5) is 11.4. The second-order valence-electron chi connectivity index (χ2n) is 4.82. The Morgan fingerprint density at radius 3 is 2.81 bits per heavy atom. The van der Waals surface area contributed by atoms with E-state index in [1.54, 1.807) is 23.9 Å². The zero-order valence-corrected chi connectivity index (χ0v) is 13.0. The highest BCUT2D eigenvalue weighted by molar-refractivity contribution is 7.99. The fraction of sp³-hybridized carbons (Fsp3) is 0.357. The van der Waals surface area contributed by atoms with Gasteiger partial charge in [-0.2, -0.15) is 16.1 Å². The van der Waals surface area contributed by atoms with Crippen LogP contribution in [0.2, 0.25) is 0 Å². The molecule has 21 heavy (non-hydrogen) atoms. The normalized spacial score (nSPS) is 17.7. The lowest BCUT2D eigenvalue weighted by Crippen LogP contribution is -2.32. The van der Waals surface area contributed by atoms with Crippen molar-refractivity contribution < 1.29 is 12.8 Å². The highest BCUT2D eigenvalue weighted by Gasteiger charge is 2.25. The van der Waals surface area contributed by atoms with E-state index in [0.717, 1.165) is 17.9 Å². The van der Waals surface area contributed by atoms with Crippen LogP contribution in [0.4, 0.5) is 0 Å². The molecular formula is C14H15NO4S2. The molecule has 0 bridgehead atoms. The molecular weight excluding hydrogens is 310 g/mol. The van der Waals surface area contributed by atoms with E-state index < -0.39 is 15.6 Å². The summed E-state index contributed by atoms with van der Waals surface area (Å²) in [6, 6.07) is 7.47. The first kappa shape index (κ1) is 14.6. The van der Waals surface area contributed by atoms with Gasteiger partial charge in [0, 0.05) is 30.3 Å². The highest BCUT2D eigenvalue weighted by atomic mass is 32.2. The monoisotopic (exact) mass is 325 g/mol. The molecule has 0 saturated carbocycles. The van der Waals surface area contributed by atoms with Crippen molar-refractivity contribution in [1.82, 2.24) is 4.31 Å². The summed E-state index contributed by atoms with van der Waals surface area (Å²) in [5, 5.41) is 0.611. The maximum atomic E-state index is 12.7. The fourth-order valence-corrected chi connectivity index (χ4v) is 4.84. The predicted molar refractivity (Wildman–Crippen MR) is 83.2 cm³/mol. The average molecular weight is 325 g/mol. The standard InChI is InChI=1S/C14H15NO4S2/c16-14-5-2-11-10-12(3-4-13(11)19-14)21(17,18)15-6-1-8-20-9-7-15/h2-5,10H,1,6-9H2. The molecule has 2 aromatic rings. The van der Waals surface area contributed by atoms with Gasteiger partial charge >= 0.3 is 5.63 Å². The van der Waals surface area contributed by atoms with E-state index in [0.29, 0.717) is 24.1 Å². The van der Waals surface area contributed by atoms with Crippen LogP contribution in [0, 0.1) is 0 Å². The van der Waals surface area contributed by atoms with Crippen LogP contribution in [-0.4, -0.2) is 37.3 Å². The molecule has 1 aromatic heterocycles. The summed E-state index contributed by atoms with van der Waals surface area (Å²) >= 11 is 1.78. The van der Waals surface area contributed by atoms with E-state index in [2.05, 4.69) is 0 Å². The molecule has 0 atom stereocenters. The molecule has 0 spiro atoms. The second kappa shape index (κ2) is 5.82. The molecule has 0 N–H and O–H groups in total. The smallest absolute Gasteiger partial charge is 0.336 e. The van der Waals surface area contributed by atoms with Crippen LogP contribution in [0.25, 0.3) is 11.0 Å². The molecule has 0 amide bonds. The lowest BCUT2D eigenvalue weighted by Gasteiger charge is -2.19. The first-order valence-electron chi connectivity index (χ1n) is 6.69. The average Bonchev–Trinajstić information content (AvgIpc) is 2.76. The number of thioether (sulfide) groups is 1. The third-order valence-corrected chi connectivity index (χ3v) is 6.35. The number of fused-ring (bicyclic) bond motifs is 1. The molecule has 0 radical (unpaired) electrons.